The maximum absolute atomic E-state index is 3.67. The fourth-order valence-electron chi connectivity index (χ4n) is 0.289. The van der Waals surface area contributed by atoms with Gasteiger partial charge in [0.2, 0.25) is 0 Å². The molecule has 60 valence electrons. The molecule has 0 aromatic rings. The zero-order chi connectivity index (χ0) is 7.98. The summed E-state index contributed by atoms with van der Waals surface area (Å²) in [5, 5.41) is 7.35. The van der Waals surface area contributed by atoms with Crippen LogP contribution in [0.15, 0.2) is 10.4 Å². The lowest BCUT2D eigenvalue weighted by atomic mass is 10.4. The Morgan fingerprint density at radius 2 is 1.10 bits per heavy atom. The molecule has 0 unspecified atom stereocenters. The zero-order valence-electron chi connectivity index (χ0n) is 7.05. The Kier molecular flexibility index (Phi) is 4.62. The van der Waals surface area contributed by atoms with Crippen molar-refractivity contribution < 1.29 is 0 Å². The average Bonchev–Trinajstić information content (AvgIpc) is 1.79. The van der Waals surface area contributed by atoms with Gasteiger partial charge in [0.25, 0.3) is 0 Å². The van der Waals surface area contributed by atoms with Crippen molar-refractivity contribution in [1.82, 2.24) is 10.9 Å². The predicted octanol–water partition coefficient (Wildman–Crippen LogP) is 1.26. The van der Waals surface area contributed by atoms with Gasteiger partial charge in [0.05, 0.1) is 0 Å². The predicted molar refractivity (Wildman–Crippen MR) is 41.4 cm³/mol. The van der Waals surface area contributed by atoms with Gasteiger partial charge in [0.15, 0.2) is 0 Å². The summed E-state index contributed by atoms with van der Waals surface area (Å²) < 4.78 is 0. The van der Waals surface area contributed by atoms with Gasteiger partial charge in [-0.25, -0.2) is 0 Å². The van der Waals surface area contributed by atoms with Gasteiger partial charge >= 0.3 is 0 Å². The number of nitrogens with zero attached hydrogens (tertiary/aromatic N) is 2. The Hall–Kier alpha value is -0.800. The van der Waals surface area contributed by atoms with E-state index in [9.17, 15) is 0 Å². The van der Waals surface area contributed by atoms with Gasteiger partial charge in [-0.3, -0.25) is 10.9 Å². The van der Waals surface area contributed by atoms with Crippen LogP contribution in [0, 0.1) is 0 Å². The van der Waals surface area contributed by atoms with E-state index in [1.165, 1.54) is 0 Å². The average molecular weight is 144 g/mol. The van der Waals surface area contributed by atoms with Crippen LogP contribution in [0.25, 0.3) is 0 Å². The Morgan fingerprint density at radius 3 is 1.30 bits per heavy atom. The number of nitrogens with one attached hydrogen (secondary N) is 2. The number of hydrogen-bond donors (Lipinski definition) is 2. The summed E-state index contributed by atoms with van der Waals surface area (Å²) in [4.78, 5) is 0. The quantitative estimate of drug-likeness (QED) is 0.461. The molecule has 4 heteroatoms. The van der Waals surface area contributed by atoms with E-state index < -0.39 is 0 Å². The minimum atomic E-state index is 0.345. The highest BCUT2D eigenvalue weighted by atomic mass is 15.5. The fourth-order valence-corrected chi connectivity index (χ4v) is 0.289. The SMILES string of the molecule is CC(C)NN=NNC(C)C. The molecule has 0 aromatic heterocycles. The van der Waals surface area contributed by atoms with Crippen LogP contribution in [0.2, 0.25) is 0 Å². The smallest absolute Gasteiger partial charge is 0.0401 e. The Labute approximate surface area is 62.1 Å². The maximum Gasteiger partial charge on any atom is 0.0401 e. The molecule has 0 rings (SSSR count). The third-order valence-electron chi connectivity index (χ3n) is 0.682. The minimum absolute atomic E-state index is 0.345. The molecule has 0 bridgehead atoms. The Bertz CT molecular complexity index is 85.9. The van der Waals surface area contributed by atoms with Gasteiger partial charge < -0.3 is 0 Å². The summed E-state index contributed by atoms with van der Waals surface area (Å²) in [6, 6.07) is 0.690. The van der Waals surface area contributed by atoms with E-state index in [1.807, 2.05) is 27.7 Å². The summed E-state index contributed by atoms with van der Waals surface area (Å²) in [5.74, 6) is 0. The van der Waals surface area contributed by atoms with E-state index in [-0.39, 0.29) is 0 Å². The van der Waals surface area contributed by atoms with Crippen LogP contribution >= 0.6 is 0 Å². The third kappa shape index (κ3) is 7.20. The van der Waals surface area contributed by atoms with Crippen LogP contribution in [0.4, 0.5) is 0 Å². The topological polar surface area (TPSA) is 48.8 Å². The van der Waals surface area contributed by atoms with Gasteiger partial charge in [-0.05, 0) is 27.7 Å². The molecular formula is C6H16N4. The van der Waals surface area contributed by atoms with Crippen LogP contribution < -0.4 is 10.9 Å². The van der Waals surface area contributed by atoms with E-state index in [2.05, 4.69) is 21.3 Å². The van der Waals surface area contributed by atoms with Crippen molar-refractivity contribution in [3.05, 3.63) is 0 Å². The summed E-state index contributed by atoms with van der Waals surface area (Å²) in [6.45, 7) is 8.03. The van der Waals surface area contributed by atoms with E-state index >= 15 is 0 Å². The molecule has 2 N–H and O–H groups in total. The standard InChI is InChI=1S/C6H16N4/c1-5(2)7-9-10-8-6(3)4/h5-6H,1-4H3,(H,7,10)(H,8,9). The summed E-state index contributed by atoms with van der Waals surface area (Å²) in [5.41, 5.74) is 5.59. The largest absolute Gasteiger partial charge is 0.288 e. The van der Waals surface area contributed by atoms with E-state index in [4.69, 9.17) is 0 Å². The summed E-state index contributed by atoms with van der Waals surface area (Å²) >= 11 is 0. The van der Waals surface area contributed by atoms with E-state index in [0.29, 0.717) is 12.1 Å². The summed E-state index contributed by atoms with van der Waals surface area (Å²) in [7, 11) is 0. The fraction of sp³-hybridized carbons (Fsp3) is 1.00. The normalized spacial score (nSPS) is 11.4. The molecule has 0 aromatic carbocycles. The first-order valence-electron chi connectivity index (χ1n) is 3.53. The van der Waals surface area contributed by atoms with Gasteiger partial charge in [-0.15, -0.1) is 0 Å². The summed E-state index contributed by atoms with van der Waals surface area (Å²) in [6.07, 6.45) is 0. The molecule has 0 amide bonds. The van der Waals surface area contributed by atoms with Crippen LogP contribution in [0.1, 0.15) is 27.7 Å². The molecule has 0 aliphatic rings. The molecule has 0 heterocycles. The molecule has 0 saturated heterocycles. The maximum atomic E-state index is 3.67. The van der Waals surface area contributed by atoms with Crippen LogP contribution in [-0.4, -0.2) is 12.1 Å². The Morgan fingerprint density at radius 1 is 0.800 bits per heavy atom. The number of rotatable bonds is 4. The highest BCUT2D eigenvalue weighted by molar-refractivity contribution is 4.44. The molecule has 4 nitrogen and oxygen atoms in total. The van der Waals surface area contributed by atoms with Gasteiger partial charge in [-0.2, -0.15) is 0 Å². The lowest BCUT2D eigenvalue weighted by Crippen LogP contribution is -2.19. The van der Waals surface area contributed by atoms with Crippen LogP contribution in [-0.2, 0) is 0 Å². The highest BCUT2D eigenvalue weighted by Crippen LogP contribution is 1.78. The molecular weight excluding hydrogens is 128 g/mol. The minimum Gasteiger partial charge on any atom is -0.288 e. The van der Waals surface area contributed by atoms with Gasteiger partial charge in [0.1, 0.15) is 0 Å². The first kappa shape index (κ1) is 9.20. The molecule has 10 heavy (non-hydrogen) atoms. The van der Waals surface area contributed by atoms with Crippen molar-refractivity contribution >= 4 is 0 Å². The van der Waals surface area contributed by atoms with Crippen molar-refractivity contribution in [2.75, 3.05) is 0 Å². The number of hydrogen-bond acceptors (Lipinski definition) is 2. The van der Waals surface area contributed by atoms with Crippen molar-refractivity contribution in [1.29, 1.82) is 0 Å². The monoisotopic (exact) mass is 144 g/mol. The van der Waals surface area contributed by atoms with Crippen molar-refractivity contribution in [2.24, 2.45) is 10.4 Å². The molecule has 0 radical (unpaired) electrons. The van der Waals surface area contributed by atoms with Gasteiger partial charge in [0, 0.05) is 12.1 Å². The lowest BCUT2D eigenvalue weighted by molar-refractivity contribution is 0.517. The van der Waals surface area contributed by atoms with E-state index in [1.54, 1.807) is 0 Å². The van der Waals surface area contributed by atoms with Crippen LogP contribution in [0.5, 0.6) is 0 Å². The highest BCUT2D eigenvalue weighted by Gasteiger charge is 1.86. The molecule has 0 aliphatic heterocycles. The first-order valence-corrected chi connectivity index (χ1v) is 3.53. The molecule has 0 aliphatic carbocycles. The van der Waals surface area contributed by atoms with Crippen molar-refractivity contribution in [2.45, 2.75) is 39.8 Å². The van der Waals surface area contributed by atoms with E-state index in [0.717, 1.165) is 0 Å². The Balaban J connectivity index is 3.20. The third-order valence-corrected chi connectivity index (χ3v) is 0.682. The van der Waals surface area contributed by atoms with Gasteiger partial charge in [-0.1, -0.05) is 10.4 Å². The molecule has 0 fully saturated rings. The van der Waals surface area contributed by atoms with Crippen LogP contribution in [0.3, 0.4) is 0 Å². The van der Waals surface area contributed by atoms with Crippen molar-refractivity contribution in [3.8, 4) is 0 Å². The molecule has 0 atom stereocenters. The lowest BCUT2D eigenvalue weighted by Gasteiger charge is -2.02. The van der Waals surface area contributed by atoms with Crippen molar-refractivity contribution in [3.63, 3.8) is 0 Å². The molecule has 0 spiro atoms. The second-order valence-electron chi connectivity index (χ2n) is 2.77. The first-order chi connectivity index (χ1) is 4.63. The second kappa shape index (κ2) is 5.02. The molecule has 0 saturated carbocycles. The second-order valence-corrected chi connectivity index (χ2v) is 2.77. The zero-order valence-corrected chi connectivity index (χ0v) is 7.05.